The lowest BCUT2D eigenvalue weighted by atomic mass is 10.1. The van der Waals surface area contributed by atoms with Crippen LogP contribution in [-0.4, -0.2) is 36.1 Å². The lowest BCUT2D eigenvalue weighted by molar-refractivity contribution is 0.326. The maximum atomic E-state index is 4.21. The second-order valence-electron chi connectivity index (χ2n) is 4.11. The number of likely N-dealkylation sites (tertiary alicyclic amines) is 1. The summed E-state index contributed by atoms with van der Waals surface area (Å²) in [7, 11) is 2.20. The van der Waals surface area contributed by atoms with Crippen LogP contribution in [0.25, 0.3) is 0 Å². The molecular weight excluding hydrogens is 194 g/mol. The zero-order valence-electron chi connectivity index (χ0n) is 8.73. The van der Waals surface area contributed by atoms with Crippen molar-refractivity contribution in [3.05, 3.63) is 11.6 Å². The van der Waals surface area contributed by atoms with Crippen molar-refractivity contribution in [2.45, 2.75) is 19.4 Å². The van der Waals surface area contributed by atoms with E-state index in [0.717, 1.165) is 23.6 Å². The highest BCUT2D eigenvalue weighted by atomic mass is 32.1. The first-order valence-corrected chi connectivity index (χ1v) is 5.97. The highest BCUT2D eigenvalue weighted by Crippen LogP contribution is 2.21. The van der Waals surface area contributed by atoms with Crippen LogP contribution in [0.2, 0.25) is 0 Å². The van der Waals surface area contributed by atoms with E-state index in [1.807, 2.05) is 11.6 Å². The Balaban J connectivity index is 1.77. The van der Waals surface area contributed by atoms with Gasteiger partial charge in [0.15, 0.2) is 5.13 Å². The average molecular weight is 211 g/mol. The van der Waals surface area contributed by atoms with Crippen molar-refractivity contribution >= 4 is 16.5 Å². The number of aromatic nitrogens is 1. The molecule has 0 amide bonds. The van der Waals surface area contributed by atoms with E-state index < -0.39 is 0 Å². The van der Waals surface area contributed by atoms with Crippen molar-refractivity contribution < 1.29 is 0 Å². The summed E-state index contributed by atoms with van der Waals surface area (Å²) in [5, 5.41) is 6.44. The molecule has 4 heteroatoms. The van der Waals surface area contributed by atoms with Gasteiger partial charge in [0, 0.05) is 30.7 Å². The second kappa shape index (κ2) is 4.28. The van der Waals surface area contributed by atoms with Crippen molar-refractivity contribution in [1.82, 2.24) is 9.88 Å². The fraction of sp³-hybridized carbons (Fsp3) is 0.700. The summed E-state index contributed by atoms with van der Waals surface area (Å²) in [6.07, 6.45) is 3.14. The Morgan fingerprint density at radius 1 is 1.71 bits per heavy atom. The molecule has 1 aliphatic heterocycles. The summed E-state index contributed by atoms with van der Waals surface area (Å²) in [6, 6.07) is 0.734. The molecule has 0 spiro atoms. The summed E-state index contributed by atoms with van der Waals surface area (Å²) in [5.41, 5.74) is 0. The molecule has 2 rings (SSSR count). The van der Waals surface area contributed by atoms with Crippen LogP contribution in [0.1, 0.15) is 13.3 Å². The van der Waals surface area contributed by atoms with Gasteiger partial charge in [0.25, 0.3) is 0 Å². The molecule has 0 saturated carbocycles. The van der Waals surface area contributed by atoms with E-state index in [0.29, 0.717) is 0 Å². The molecule has 0 bridgehead atoms. The normalized spacial score (nSPS) is 28.1. The summed E-state index contributed by atoms with van der Waals surface area (Å²) in [5.74, 6) is 0.777. The van der Waals surface area contributed by atoms with E-state index in [1.165, 1.54) is 13.0 Å². The fourth-order valence-electron chi connectivity index (χ4n) is 2.01. The van der Waals surface area contributed by atoms with Gasteiger partial charge in [0.2, 0.25) is 0 Å². The maximum absolute atomic E-state index is 4.21. The predicted octanol–water partition coefficient (Wildman–Crippen LogP) is 1.90. The maximum Gasteiger partial charge on any atom is 0.182 e. The first kappa shape index (κ1) is 9.93. The fourth-order valence-corrected chi connectivity index (χ4v) is 2.55. The van der Waals surface area contributed by atoms with Crippen molar-refractivity contribution in [3.63, 3.8) is 0 Å². The molecule has 3 nitrogen and oxygen atoms in total. The molecular formula is C10H17N3S. The minimum Gasteiger partial charge on any atom is -0.361 e. The lowest BCUT2D eigenvalue weighted by Gasteiger charge is -2.12. The lowest BCUT2D eigenvalue weighted by Crippen LogP contribution is -2.22. The number of nitrogens with one attached hydrogen (secondary N) is 1. The number of hydrogen-bond acceptors (Lipinski definition) is 4. The summed E-state index contributed by atoms with van der Waals surface area (Å²) >= 11 is 1.67. The highest BCUT2D eigenvalue weighted by molar-refractivity contribution is 7.13. The standard InChI is InChI=1S/C10H17N3S/c1-8-5-9(7-13(8)2)6-12-10-11-3-4-14-10/h3-4,8-9H,5-7H2,1-2H3,(H,11,12). The molecule has 78 valence electrons. The van der Waals surface area contributed by atoms with Crippen LogP contribution in [0.15, 0.2) is 11.6 Å². The van der Waals surface area contributed by atoms with Gasteiger partial charge in [-0.25, -0.2) is 4.98 Å². The molecule has 1 aliphatic rings. The SMILES string of the molecule is CC1CC(CNc2nccs2)CN1C. The molecule has 14 heavy (non-hydrogen) atoms. The molecule has 2 heterocycles. The van der Waals surface area contributed by atoms with Crippen molar-refractivity contribution in [2.24, 2.45) is 5.92 Å². The van der Waals surface area contributed by atoms with E-state index in [-0.39, 0.29) is 0 Å². The van der Waals surface area contributed by atoms with Gasteiger partial charge in [0.05, 0.1) is 0 Å². The molecule has 1 aromatic rings. The van der Waals surface area contributed by atoms with E-state index in [1.54, 1.807) is 11.3 Å². The van der Waals surface area contributed by atoms with Gasteiger partial charge >= 0.3 is 0 Å². The smallest absolute Gasteiger partial charge is 0.182 e. The molecule has 0 aliphatic carbocycles. The number of hydrogen-bond donors (Lipinski definition) is 1. The van der Waals surface area contributed by atoms with Gasteiger partial charge in [-0.15, -0.1) is 11.3 Å². The van der Waals surface area contributed by atoms with Crippen LogP contribution < -0.4 is 5.32 Å². The first-order chi connectivity index (χ1) is 6.75. The third-order valence-corrected chi connectivity index (χ3v) is 3.68. The molecule has 0 aromatic carbocycles. The average Bonchev–Trinajstić information content (AvgIpc) is 2.74. The first-order valence-electron chi connectivity index (χ1n) is 5.09. The van der Waals surface area contributed by atoms with Crippen molar-refractivity contribution in [2.75, 3.05) is 25.5 Å². The van der Waals surface area contributed by atoms with E-state index >= 15 is 0 Å². The molecule has 1 saturated heterocycles. The number of thiazole rings is 1. The van der Waals surface area contributed by atoms with E-state index in [9.17, 15) is 0 Å². The van der Waals surface area contributed by atoms with Crippen LogP contribution in [0.5, 0.6) is 0 Å². The van der Waals surface area contributed by atoms with Gasteiger partial charge < -0.3 is 10.2 Å². The van der Waals surface area contributed by atoms with Crippen LogP contribution in [0.3, 0.4) is 0 Å². The Morgan fingerprint density at radius 2 is 2.57 bits per heavy atom. The summed E-state index contributed by atoms with van der Waals surface area (Å²) in [4.78, 5) is 6.63. The van der Waals surface area contributed by atoms with E-state index in [4.69, 9.17) is 0 Å². The van der Waals surface area contributed by atoms with Crippen LogP contribution in [-0.2, 0) is 0 Å². The van der Waals surface area contributed by atoms with Gasteiger partial charge in [-0.05, 0) is 26.3 Å². The molecule has 2 unspecified atom stereocenters. The number of nitrogens with zero attached hydrogens (tertiary/aromatic N) is 2. The molecule has 1 aromatic heterocycles. The minimum atomic E-state index is 0.734. The Labute approximate surface area is 89.1 Å². The topological polar surface area (TPSA) is 28.2 Å². The van der Waals surface area contributed by atoms with Crippen molar-refractivity contribution in [1.29, 1.82) is 0 Å². The quantitative estimate of drug-likeness (QED) is 0.827. The molecule has 1 fully saturated rings. The summed E-state index contributed by atoms with van der Waals surface area (Å²) in [6.45, 7) is 4.56. The van der Waals surface area contributed by atoms with Gasteiger partial charge in [0.1, 0.15) is 0 Å². The second-order valence-corrected chi connectivity index (χ2v) is 5.00. The van der Waals surface area contributed by atoms with E-state index in [2.05, 4.69) is 29.2 Å². The highest BCUT2D eigenvalue weighted by Gasteiger charge is 2.25. The predicted molar refractivity (Wildman–Crippen MR) is 60.8 cm³/mol. The number of rotatable bonds is 3. The zero-order chi connectivity index (χ0) is 9.97. The molecule has 1 N–H and O–H groups in total. The minimum absolute atomic E-state index is 0.734. The Bertz CT molecular complexity index is 263. The largest absolute Gasteiger partial charge is 0.361 e. The molecule has 2 atom stereocenters. The van der Waals surface area contributed by atoms with Crippen molar-refractivity contribution in [3.8, 4) is 0 Å². The third kappa shape index (κ3) is 2.25. The van der Waals surface area contributed by atoms with Crippen LogP contribution in [0, 0.1) is 5.92 Å². The summed E-state index contributed by atoms with van der Waals surface area (Å²) < 4.78 is 0. The third-order valence-electron chi connectivity index (χ3n) is 2.95. The zero-order valence-corrected chi connectivity index (χ0v) is 9.55. The number of anilines is 1. The Hall–Kier alpha value is -0.610. The van der Waals surface area contributed by atoms with Gasteiger partial charge in [-0.2, -0.15) is 0 Å². The Kier molecular flexibility index (Phi) is 3.03. The van der Waals surface area contributed by atoms with Crippen LogP contribution >= 0.6 is 11.3 Å². The van der Waals surface area contributed by atoms with Gasteiger partial charge in [-0.3, -0.25) is 0 Å². The Morgan fingerprint density at radius 3 is 3.14 bits per heavy atom. The van der Waals surface area contributed by atoms with Gasteiger partial charge in [-0.1, -0.05) is 0 Å². The molecule has 0 radical (unpaired) electrons. The monoisotopic (exact) mass is 211 g/mol. The van der Waals surface area contributed by atoms with Crippen LogP contribution in [0.4, 0.5) is 5.13 Å².